The Labute approximate surface area is 168 Å². The van der Waals surface area contributed by atoms with Gasteiger partial charge in [-0.15, -0.1) is 0 Å². The Hall–Kier alpha value is -1.94. The molecule has 146 valence electrons. The lowest BCUT2D eigenvalue weighted by Gasteiger charge is -2.38. The molecule has 0 bridgehead atoms. The average Bonchev–Trinajstić information content (AvgIpc) is 2.60. The zero-order chi connectivity index (χ0) is 19.7. The van der Waals surface area contributed by atoms with Gasteiger partial charge in [0.25, 0.3) is 0 Å². The van der Waals surface area contributed by atoms with Gasteiger partial charge in [0.2, 0.25) is 0 Å². The van der Waals surface area contributed by atoms with E-state index in [0.717, 1.165) is 53.9 Å². The molecule has 0 atom stereocenters. The highest BCUT2D eigenvalue weighted by molar-refractivity contribution is 6.30. The Morgan fingerprint density at radius 2 is 1.67 bits per heavy atom. The fraction of sp³-hybridized carbons (Fsp3) is 0.500. The molecule has 0 unspecified atom stereocenters. The van der Waals surface area contributed by atoms with Crippen molar-refractivity contribution in [1.82, 2.24) is 4.98 Å². The molecule has 1 aliphatic rings. The molecule has 0 spiro atoms. The Morgan fingerprint density at radius 3 is 2.26 bits per heavy atom. The van der Waals surface area contributed by atoms with Crippen molar-refractivity contribution in [2.45, 2.75) is 53.6 Å². The zero-order valence-corrected chi connectivity index (χ0v) is 18.0. The summed E-state index contributed by atoms with van der Waals surface area (Å²) in [4.78, 5) is 9.50. The Bertz CT molecular complexity index is 810. The lowest BCUT2D eigenvalue weighted by atomic mass is 10.1. The lowest BCUT2D eigenvalue weighted by molar-refractivity contribution is 0.193. The van der Waals surface area contributed by atoms with Gasteiger partial charge in [-0.05, 0) is 56.9 Å². The summed E-state index contributed by atoms with van der Waals surface area (Å²) in [5.74, 6) is 1.90. The molecule has 0 radical (unpaired) electrons. The Kier molecular flexibility index (Phi) is 5.85. The van der Waals surface area contributed by atoms with E-state index in [2.05, 4.69) is 50.6 Å². The number of fused-ring (bicyclic) bond motifs is 1. The first-order valence-corrected chi connectivity index (χ1v) is 10.2. The maximum Gasteiger partial charge on any atom is 0.160 e. The number of nitrogens with zero attached hydrogens (tertiary/aromatic N) is 3. The van der Waals surface area contributed by atoms with Crippen molar-refractivity contribution in [3.05, 3.63) is 40.0 Å². The molecule has 1 aromatic carbocycles. The van der Waals surface area contributed by atoms with Crippen LogP contribution >= 0.6 is 11.6 Å². The number of likely N-dealkylation sites (N-methyl/N-ethyl adjacent to an activating group) is 1. The van der Waals surface area contributed by atoms with Crippen LogP contribution in [0, 0.1) is 20.8 Å². The van der Waals surface area contributed by atoms with Crippen molar-refractivity contribution < 1.29 is 4.74 Å². The highest BCUT2D eigenvalue weighted by Crippen LogP contribution is 2.44. The quantitative estimate of drug-likeness (QED) is 0.646. The molecule has 0 amide bonds. The molecular weight excluding hydrogens is 358 g/mol. The zero-order valence-electron chi connectivity index (χ0n) is 17.3. The summed E-state index contributed by atoms with van der Waals surface area (Å²) in [6.45, 7) is 12.4. The van der Waals surface area contributed by atoms with Crippen LogP contribution in [0.1, 0.15) is 43.5 Å². The van der Waals surface area contributed by atoms with E-state index in [0.29, 0.717) is 0 Å². The maximum absolute atomic E-state index is 6.40. The van der Waals surface area contributed by atoms with E-state index in [4.69, 9.17) is 21.3 Å². The first kappa shape index (κ1) is 19.8. The van der Waals surface area contributed by atoms with Crippen LogP contribution in [0.4, 0.5) is 17.2 Å². The molecule has 4 nitrogen and oxygen atoms in total. The number of benzene rings is 1. The van der Waals surface area contributed by atoms with E-state index in [1.165, 1.54) is 16.8 Å². The summed E-state index contributed by atoms with van der Waals surface area (Å²) < 4.78 is 6.40. The fourth-order valence-corrected chi connectivity index (χ4v) is 4.23. The Balaban J connectivity index is 2.15. The Morgan fingerprint density at radius 1 is 1.04 bits per heavy atom. The molecule has 3 rings (SSSR count). The molecule has 5 heteroatoms. The number of pyridine rings is 1. The maximum atomic E-state index is 6.40. The van der Waals surface area contributed by atoms with Gasteiger partial charge in [-0.3, -0.25) is 0 Å². The molecule has 27 heavy (non-hydrogen) atoms. The first-order chi connectivity index (χ1) is 12.8. The largest absolute Gasteiger partial charge is 0.488 e. The second-order valence-electron chi connectivity index (χ2n) is 7.45. The third-order valence-corrected chi connectivity index (χ3v) is 5.51. The minimum Gasteiger partial charge on any atom is -0.488 e. The summed E-state index contributed by atoms with van der Waals surface area (Å²) in [7, 11) is 2.12. The van der Waals surface area contributed by atoms with E-state index in [-0.39, 0.29) is 6.10 Å². The van der Waals surface area contributed by atoms with Crippen LogP contribution in [0.25, 0.3) is 0 Å². The van der Waals surface area contributed by atoms with E-state index < -0.39 is 0 Å². The SMILES string of the molecule is CCC(CC)Oc1cc(C)nc2c1N(C)CCN2c1c(C)cc(Cl)cc1C. The predicted molar refractivity (Wildman–Crippen MR) is 115 cm³/mol. The van der Waals surface area contributed by atoms with Crippen LogP contribution in [-0.4, -0.2) is 31.2 Å². The van der Waals surface area contributed by atoms with E-state index in [9.17, 15) is 0 Å². The van der Waals surface area contributed by atoms with E-state index >= 15 is 0 Å². The molecule has 0 saturated carbocycles. The summed E-state index contributed by atoms with van der Waals surface area (Å²) in [5.41, 5.74) is 5.58. The van der Waals surface area contributed by atoms with Crippen LogP contribution in [0.2, 0.25) is 5.02 Å². The smallest absolute Gasteiger partial charge is 0.160 e. The molecule has 0 N–H and O–H groups in total. The van der Waals surface area contributed by atoms with E-state index in [1.54, 1.807) is 0 Å². The van der Waals surface area contributed by atoms with Gasteiger partial charge in [0.15, 0.2) is 5.82 Å². The van der Waals surface area contributed by atoms with Crippen molar-refractivity contribution in [1.29, 1.82) is 0 Å². The molecule has 2 aromatic rings. The van der Waals surface area contributed by atoms with Gasteiger partial charge in [-0.1, -0.05) is 25.4 Å². The normalized spacial score (nSPS) is 13.9. The minimum atomic E-state index is 0.221. The topological polar surface area (TPSA) is 28.6 Å². The highest BCUT2D eigenvalue weighted by atomic mass is 35.5. The van der Waals surface area contributed by atoms with Crippen molar-refractivity contribution in [3.63, 3.8) is 0 Å². The summed E-state index contributed by atoms with van der Waals surface area (Å²) in [5, 5.41) is 0.776. The number of ether oxygens (including phenoxy) is 1. The lowest BCUT2D eigenvalue weighted by Crippen LogP contribution is -2.38. The molecule has 1 aromatic heterocycles. The number of hydrogen-bond donors (Lipinski definition) is 0. The van der Waals surface area contributed by atoms with Crippen LogP contribution in [0.3, 0.4) is 0 Å². The highest BCUT2D eigenvalue weighted by Gasteiger charge is 2.29. The summed E-state index contributed by atoms with van der Waals surface area (Å²) >= 11 is 6.26. The second-order valence-corrected chi connectivity index (χ2v) is 7.89. The number of rotatable bonds is 5. The van der Waals surface area contributed by atoms with Crippen molar-refractivity contribution in [3.8, 4) is 5.75 Å². The first-order valence-electron chi connectivity index (χ1n) is 9.79. The van der Waals surface area contributed by atoms with Crippen LogP contribution < -0.4 is 14.5 Å². The molecule has 1 aliphatic heterocycles. The molecular formula is C22H30ClN3O. The van der Waals surface area contributed by atoms with Crippen LogP contribution in [-0.2, 0) is 0 Å². The van der Waals surface area contributed by atoms with Gasteiger partial charge in [0, 0.05) is 42.6 Å². The third kappa shape index (κ3) is 3.86. The van der Waals surface area contributed by atoms with Gasteiger partial charge in [0.05, 0.1) is 6.10 Å². The fourth-order valence-electron chi connectivity index (χ4n) is 3.91. The summed E-state index contributed by atoms with van der Waals surface area (Å²) in [6, 6.07) is 6.12. The molecule has 0 aliphatic carbocycles. The summed E-state index contributed by atoms with van der Waals surface area (Å²) in [6.07, 6.45) is 2.21. The number of anilines is 3. The second kappa shape index (κ2) is 7.97. The van der Waals surface area contributed by atoms with Crippen molar-refractivity contribution in [2.75, 3.05) is 29.9 Å². The number of halogens is 1. The average molecular weight is 388 g/mol. The standard InChI is InChI=1S/C22H30ClN3O/c1-7-18(8-2)27-19-13-16(5)24-22-21(19)25(6)9-10-26(22)20-14(3)11-17(23)12-15(20)4/h11-13,18H,7-10H2,1-6H3. The molecule has 2 heterocycles. The van der Waals surface area contributed by atoms with E-state index in [1.807, 2.05) is 19.1 Å². The van der Waals surface area contributed by atoms with Crippen LogP contribution in [0.15, 0.2) is 18.2 Å². The number of hydrogen-bond acceptors (Lipinski definition) is 4. The molecule has 0 fully saturated rings. The number of aromatic nitrogens is 1. The number of aryl methyl sites for hydroxylation is 3. The van der Waals surface area contributed by atoms with Gasteiger partial charge < -0.3 is 14.5 Å². The van der Waals surface area contributed by atoms with Crippen LogP contribution in [0.5, 0.6) is 5.75 Å². The van der Waals surface area contributed by atoms with Gasteiger partial charge in [-0.2, -0.15) is 0 Å². The molecule has 0 saturated heterocycles. The van der Waals surface area contributed by atoms with Gasteiger partial charge >= 0.3 is 0 Å². The van der Waals surface area contributed by atoms with Crippen molar-refractivity contribution in [2.24, 2.45) is 0 Å². The third-order valence-electron chi connectivity index (χ3n) is 5.29. The predicted octanol–water partition coefficient (Wildman–Crippen LogP) is 5.82. The minimum absolute atomic E-state index is 0.221. The monoisotopic (exact) mass is 387 g/mol. The van der Waals surface area contributed by atoms with Crippen molar-refractivity contribution >= 4 is 28.8 Å². The van der Waals surface area contributed by atoms with Gasteiger partial charge in [-0.25, -0.2) is 4.98 Å². The van der Waals surface area contributed by atoms with Gasteiger partial charge in [0.1, 0.15) is 11.4 Å².